The number of carbonyl (C=O) groups excluding carboxylic acids is 3. The minimum Gasteiger partial charge on any atom is -0.386 e. The van der Waals surface area contributed by atoms with E-state index in [4.69, 9.17) is 19.5 Å². The van der Waals surface area contributed by atoms with Crippen molar-refractivity contribution in [1.82, 2.24) is 30.2 Å². The number of ether oxygens (including phenoxy) is 1. The first-order valence-corrected chi connectivity index (χ1v) is 20.7. The van der Waals surface area contributed by atoms with Crippen LogP contribution >= 0.6 is 34.7 Å². The van der Waals surface area contributed by atoms with E-state index >= 15 is 0 Å². The van der Waals surface area contributed by atoms with E-state index in [2.05, 4.69) is 34.4 Å². The number of amides is 2. The molecule has 0 saturated carbocycles. The van der Waals surface area contributed by atoms with E-state index in [-0.39, 0.29) is 42.2 Å². The standard InChI is InChI=1S/C23H39FN7O17P3S/c1-12(32)52(24)7-6-26-14(33)4-5-27-21(36)18(35)23(2,3)9-45-51(42,43)48-50(40,41)44-8-13-17(47-49(37,38)39)16(34)22(46-13)31-11-30-15-19(25)28-10-29-20(15)31/h10-11,13,16-18,22,34-35,52H,4-9H2,1-3H3,(H,26,33)(H,27,36)(H,40,41)(H,42,43)(H2,25,28,29)(H2,37,38,39)/t13-,16-,17-,18?,22-/m1/s1. The van der Waals surface area contributed by atoms with Gasteiger partial charge in [0.05, 0.1) is 19.5 Å². The molecule has 296 valence electrons. The van der Waals surface area contributed by atoms with Crippen LogP contribution in [0.15, 0.2) is 12.7 Å². The van der Waals surface area contributed by atoms with Gasteiger partial charge in [0.25, 0.3) is 0 Å². The van der Waals surface area contributed by atoms with Crippen molar-refractivity contribution in [3.63, 3.8) is 0 Å². The molecular weight excluding hydrogens is 790 g/mol. The molecule has 0 aromatic carbocycles. The van der Waals surface area contributed by atoms with Crippen molar-refractivity contribution in [2.45, 2.75) is 57.8 Å². The number of hydrogen-bond acceptors (Lipinski definition) is 17. The average molecular weight is 830 g/mol. The summed E-state index contributed by atoms with van der Waals surface area (Å²) in [7, 11) is -16.4. The van der Waals surface area contributed by atoms with Crippen molar-refractivity contribution in [1.29, 1.82) is 0 Å². The Morgan fingerprint density at radius 1 is 1.10 bits per heavy atom. The number of aromatic nitrogens is 4. The van der Waals surface area contributed by atoms with Gasteiger partial charge in [0.2, 0.25) is 11.8 Å². The summed E-state index contributed by atoms with van der Waals surface area (Å²) in [6.07, 6.45) is -7.11. The summed E-state index contributed by atoms with van der Waals surface area (Å²) in [6.45, 7) is 1.09. The van der Waals surface area contributed by atoms with Gasteiger partial charge in [0, 0.05) is 37.6 Å². The van der Waals surface area contributed by atoms with Crippen LogP contribution in [0.2, 0.25) is 0 Å². The number of nitrogen functional groups attached to an aromatic ring is 1. The zero-order chi connectivity index (χ0) is 39.2. The molecule has 24 nitrogen and oxygen atoms in total. The fraction of sp³-hybridized carbons (Fsp3) is 0.652. The monoisotopic (exact) mass is 829 g/mol. The molecule has 1 fully saturated rings. The van der Waals surface area contributed by atoms with Crippen molar-refractivity contribution in [3.05, 3.63) is 12.7 Å². The molecule has 2 amide bonds. The Bertz CT molecular complexity index is 1750. The molecule has 0 spiro atoms. The highest BCUT2D eigenvalue weighted by Gasteiger charge is 2.50. The summed E-state index contributed by atoms with van der Waals surface area (Å²) in [5.74, 6) is -1.82. The maximum Gasteiger partial charge on any atom is 0.481 e. The van der Waals surface area contributed by atoms with Crippen LogP contribution in [-0.2, 0) is 50.7 Å². The molecule has 10 N–H and O–H groups in total. The van der Waals surface area contributed by atoms with Gasteiger partial charge in [-0.2, -0.15) is 8.20 Å². The van der Waals surface area contributed by atoms with E-state index in [1.165, 1.54) is 13.8 Å². The van der Waals surface area contributed by atoms with Crippen LogP contribution in [0.25, 0.3) is 11.2 Å². The largest absolute Gasteiger partial charge is 0.481 e. The molecular formula is C23H39FN7O17P3S. The lowest BCUT2D eigenvalue weighted by atomic mass is 9.87. The van der Waals surface area contributed by atoms with E-state index in [9.17, 15) is 61.8 Å². The van der Waals surface area contributed by atoms with Crippen LogP contribution < -0.4 is 16.4 Å². The van der Waals surface area contributed by atoms with Gasteiger partial charge in [0.15, 0.2) is 22.8 Å². The van der Waals surface area contributed by atoms with Crippen LogP contribution in [0, 0.1) is 5.41 Å². The van der Waals surface area contributed by atoms with Crippen LogP contribution in [0.4, 0.5) is 9.70 Å². The van der Waals surface area contributed by atoms with E-state index in [1.807, 2.05) is 0 Å². The Balaban J connectivity index is 1.55. The van der Waals surface area contributed by atoms with Gasteiger partial charge in [-0.05, 0) is 11.3 Å². The minimum absolute atomic E-state index is 0.0214. The summed E-state index contributed by atoms with van der Waals surface area (Å²) < 4.78 is 75.1. The molecule has 2 aromatic rings. The lowest BCUT2D eigenvalue weighted by molar-refractivity contribution is -0.137. The lowest BCUT2D eigenvalue weighted by Crippen LogP contribution is -2.46. The molecule has 1 saturated heterocycles. The molecule has 52 heavy (non-hydrogen) atoms. The number of carbonyl (C=O) groups is 3. The zero-order valence-corrected chi connectivity index (χ0v) is 31.1. The van der Waals surface area contributed by atoms with Gasteiger partial charge >= 0.3 is 23.5 Å². The first-order chi connectivity index (χ1) is 23.9. The molecule has 0 aliphatic carbocycles. The Hall–Kier alpha value is -2.51. The van der Waals surface area contributed by atoms with E-state index in [0.717, 1.165) is 24.1 Å². The number of aliphatic hydroxyl groups is 2. The number of fused-ring (bicyclic) bond motifs is 1. The smallest absolute Gasteiger partial charge is 0.386 e. The first kappa shape index (κ1) is 43.9. The predicted octanol–water partition coefficient (Wildman–Crippen LogP) is -1.16. The van der Waals surface area contributed by atoms with Gasteiger partial charge < -0.3 is 50.9 Å². The summed E-state index contributed by atoms with van der Waals surface area (Å²) in [5, 5.41) is 25.3. The van der Waals surface area contributed by atoms with Crippen molar-refractivity contribution >= 4 is 68.7 Å². The number of phosphoric acid groups is 3. The van der Waals surface area contributed by atoms with Gasteiger partial charge in [-0.1, -0.05) is 13.8 Å². The average Bonchev–Trinajstić information content (AvgIpc) is 3.58. The predicted molar refractivity (Wildman–Crippen MR) is 175 cm³/mol. The molecule has 4 unspecified atom stereocenters. The number of nitrogens with one attached hydrogen (secondary N) is 2. The van der Waals surface area contributed by atoms with Crippen molar-refractivity contribution in [2.75, 3.05) is 37.8 Å². The van der Waals surface area contributed by atoms with Crippen molar-refractivity contribution in [2.24, 2.45) is 5.41 Å². The fourth-order valence-corrected chi connectivity index (χ4v) is 7.84. The Kier molecular flexibility index (Phi) is 15.0. The van der Waals surface area contributed by atoms with Gasteiger partial charge in [-0.15, -0.1) is 0 Å². The summed E-state index contributed by atoms with van der Waals surface area (Å²) in [6, 6.07) is 0. The van der Waals surface area contributed by atoms with E-state index < -0.39 is 101 Å². The molecule has 3 rings (SSSR count). The third kappa shape index (κ3) is 12.5. The molecule has 1 aliphatic rings. The minimum atomic E-state index is -5.58. The topological polar surface area (TPSA) is 364 Å². The molecule has 2 aromatic heterocycles. The normalized spacial score (nSPS) is 23.4. The molecule has 0 bridgehead atoms. The van der Waals surface area contributed by atoms with E-state index in [0.29, 0.717) is 0 Å². The second kappa shape index (κ2) is 17.8. The second-order valence-electron chi connectivity index (χ2n) is 11.7. The molecule has 8 atom stereocenters. The number of rotatable bonds is 19. The Labute approximate surface area is 296 Å². The number of halogens is 1. The van der Waals surface area contributed by atoms with Crippen molar-refractivity contribution in [3.8, 4) is 0 Å². The van der Waals surface area contributed by atoms with Gasteiger partial charge in [-0.25, -0.2) is 28.6 Å². The number of phosphoric ester groups is 3. The van der Waals surface area contributed by atoms with E-state index in [1.54, 1.807) is 0 Å². The van der Waals surface area contributed by atoms with Gasteiger partial charge in [-0.3, -0.25) is 32.5 Å². The van der Waals surface area contributed by atoms with Crippen LogP contribution in [0.5, 0.6) is 0 Å². The Morgan fingerprint density at radius 3 is 2.38 bits per heavy atom. The SMILES string of the molecule is CC(=O)[SH](F)CCNC(=O)CCNC(=O)C(O)C(C)(C)COP(=O)(O)OP(=O)(O)OC[C@H]1O[C@@H](n2cnc3c(N)ncnc32)[C@H](O)[C@@H]1OP(=O)(O)O. The highest BCUT2D eigenvalue weighted by Crippen LogP contribution is 2.61. The molecule has 29 heteroatoms. The quantitative estimate of drug-likeness (QED) is 0.0589. The fourth-order valence-electron chi connectivity index (χ4n) is 4.39. The highest BCUT2D eigenvalue weighted by atomic mass is 32.2. The van der Waals surface area contributed by atoms with Crippen LogP contribution in [0.1, 0.15) is 33.4 Å². The van der Waals surface area contributed by atoms with Crippen molar-refractivity contribution < 1.29 is 84.4 Å². The number of nitrogens with zero attached hydrogens (tertiary/aromatic N) is 4. The number of hydrogen-bond donors (Lipinski definition) is 10. The number of thiol groups is 1. The molecule has 1 aliphatic heterocycles. The summed E-state index contributed by atoms with van der Waals surface area (Å²) in [4.78, 5) is 85.9. The third-order valence-corrected chi connectivity index (χ3v) is 11.4. The lowest BCUT2D eigenvalue weighted by Gasteiger charge is -2.30. The number of aliphatic hydroxyl groups excluding tert-OH is 2. The first-order valence-electron chi connectivity index (χ1n) is 14.8. The Morgan fingerprint density at radius 2 is 1.75 bits per heavy atom. The van der Waals surface area contributed by atoms with Crippen LogP contribution in [0.3, 0.4) is 0 Å². The number of imidazole rings is 1. The molecule has 3 heterocycles. The maximum atomic E-state index is 13.4. The summed E-state index contributed by atoms with van der Waals surface area (Å²) in [5.41, 5.74) is 4.20. The van der Waals surface area contributed by atoms with Gasteiger partial charge in [0.1, 0.15) is 36.3 Å². The highest BCUT2D eigenvalue weighted by molar-refractivity contribution is 8.25. The van der Waals surface area contributed by atoms with Crippen LogP contribution in [-0.4, -0.2) is 123 Å². The number of nitrogens with two attached hydrogens (primary N) is 1. The third-order valence-electron chi connectivity index (χ3n) is 7.05. The maximum absolute atomic E-state index is 13.4. The second-order valence-corrected chi connectivity index (χ2v) is 17.7. The zero-order valence-electron chi connectivity index (χ0n) is 27.5. The number of anilines is 1. The molecule has 0 radical (unpaired) electrons. The summed E-state index contributed by atoms with van der Waals surface area (Å²) >= 11 is -2.36.